The Labute approximate surface area is 123 Å². The number of nitrogens with two attached hydrogens (primary N) is 1. The Bertz CT molecular complexity index is 395. The first-order chi connectivity index (χ1) is 9.60. The number of piperidine rings is 1. The van der Waals surface area contributed by atoms with Crippen LogP contribution in [0.5, 0.6) is 0 Å². The van der Waals surface area contributed by atoms with Crippen LogP contribution in [-0.4, -0.2) is 43.6 Å². The van der Waals surface area contributed by atoms with Crippen LogP contribution in [0.25, 0.3) is 0 Å². The zero-order valence-corrected chi connectivity index (χ0v) is 13.0. The summed E-state index contributed by atoms with van der Waals surface area (Å²) in [6, 6.07) is 4.27. The fourth-order valence-electron chi connectivity index (χ4n) is 2.79. The van der Waals surface area contributed by atoms with Crippen molar-refractivity contribution in [1.29, 1.82) is 0 Å². The van der Waals surface area contributed by atoms with Crippen LogP contribution in [0, 0.1) is 5.92 Å². The van der Waals surface area contributed by atoms with E-state index in [1.54, 1.807) is 0 Å². The van der Waals surface area contributed by atoms with Gasteiger partial charge in [-0.3, -0.25) is 4.98 Å². The Morgan fingerprint density at radius 1 is 1.40 bits per heavy atom. The molecule has 0 radical (unpaired) electrons. The number of hydrogen-bond donors (Lipinski definition) is 1. The highest BCUT2D eigenvalue weighted by atomic mass is 15.1. The van der Waals surface area contributed by atoms with Gasteiger partial charge in [-0.15, -0.1) is 0 Å². The average Bonchev–Trinajstić information content (AvgIpc) is 2.49. The second kappa shape index (κ2) is 7.04. The number of nitrogens with zero attached hydrogens (tertiary/aromatic N) is 3. The lowest BCUT2D eigenvalue weighted by Gasteiger charge is -2.32. The molecule has 0 unspecified atom stereocenters. The summed E-state index contributed by atoms with van der Waals surface area (Å²) < 4.78 is 0. The lowest BCUT2D eigenvalue weighted by molar-refractivity contribution is 0.222. The fourth-order valence-corrected chi connectivity index (χ4v) is 2.79. The molecule has 1 fully saturated rings. The van der Waals surface area contributed by atoms with E-state index in [9.17, 15) is 0 Å². The normalized spacial score (nSPS) is 19.0. The van der Waals surface area contributed by atoms with E-state index >= 15 is 0 Å². The molecule has 1 aromatic heterocycles. The third kappa shape index (κ3) is 3.93. The van der Waals surface area contributed by atoms with Crippen LogP contribution in [0.3, 0.4) is 0 Å². The van der Waals surface area contributed by atoms with Gasteiger partial charge in [0.25, 0.3) is 0 Å². The van der Waals surface area contributed by atoms with Crippen molar-refractivity contribution in [2.24, 2.45) is 11.7 Å². The first-order valence-corrected chi connectivity index (χ1v) is 7.71. The number of pyridine rings is 1. The van der Waals surface area contributed by atoms with Crippen LogP contribution in [-0.2, 0) is 0 Å². The van der Waals surface area contributed by atoms with E-state index in [-0.39, 0.29) is 6.04 Å². The minimum Gasteiger partial charge on any atom is -0.373 e. The summed E-state index contributed by atoms with van der Waals surface area (Å²) in [5, 5.41) is 0. The summed E-state index contributed by atoms with van der Waals surface area (Å²) in [7, 11) is 4.37. The third-order valence-electron chi connectivity index (χ3n) is 4.40. The standard InChI is InChI=1S/C16H28N4/c1-4-15(17)16-6-5-14(11-18-16)20(3)12-13-7-9-19(2)10-8-13/h5-6,11,13,15H,4,7-10,12,17H2,1-3H3/t15-/m1/s1. The highest BCUT2D eigenvalue weighted by molar-refractivity contribution is 5.44. The van der Waals surface area contributed by atoms with E-state index in [0.29, 0.717) is 0 Å². The molecular formula is C16H28N4. The van der Waals surface area contributed by atoms with E-state index in [1.807, 2.05) is 6.20 Å². The van der Waals surface area contributed by atoms with Gasteiger partial charge in [-0.2, -0.15) is 0 Å². The van der Waals surface area contributed by atoms with E-state index in [2.05, 4.69) is 47.9 Å². The summed E-state index contributed by atoms with van der Waals surface area (Å²) in [4.78, 5) is 9.24. The molecule has 1 atom stereocenters. The average molecular weight is 276 g/mol. The lowest BCUT2D eigenvalue weighted by Crippen LogP contribution is -2.35. The summed E-state index contributed by atoms with van der Waals surface area (Å²) in [6.07, 6.45) is 5.48. The molecule has 4 nitrogen and oxygen atoms in total. The molecule has 0 saturated carbocycles. The molecular weight excluding hydrogens is 248 g/mol. The number of hydrogen-bond acceptors (Lipinski definition) is 4. The van der Waals surface area contributed by atoms with Crippen molar-refractivity contribution < 1.29 is 0 Å². The minimum absolute atomic E-state index is 0.0586. The summed E-state index contributed by atoms with van der Waals surface area (Å²) in [5.74, 6) is 0.800. The Kier molecular flexibility index (Phi) is 5.38. The summed E-state index contributed by atoms with van der Waals surface area (Å²) >= 11 is 0. The topological polar surface area (TPSA) is 45.4 Å². The first-order valence-electron chi connectivity index (χ1n) is 7.71. The van der Waals surface area contributed by atoms with Gasteiger partial charge in [0.05, 0.1) is 17.6 Å². The number of anilines is 1. The monoisotopic (exact) mass is 276 g/mol. The van der Waals surface area contributed by atoms with Gasteiger partial charge in [0.2, 0.25) is 0 Å². The van der Waals surface area contributed by atoms with Crippen molar-refractivity contribution in [2.45, 2.75) is 32.2 Å². The van der Waals surface area contributed by atoms with Crippen molar-refractivity contribution in [3.05, 3.63) is 24.0 Å². The maximum atomic E-state index is 6.00. The van der Waals surface area contributed by atoms with Gasteiger partial charge in [0.15, 0.2) is 0 Å². The number of aromatic nitrogens is 1. The van der Waals surface area contributed by atoms with E-state index in [0.717, 1.165) is 24.6 Å². The number of likely N-dealkylation sites (tertiary alicyclic amines) is 1. The van der Waals surface area contributed by atoms with E-state index in [1.165, 1.54) is 31.6 Å². The zero-order chi connectivity index (χ0) is 14.5. The molecule has 2 rings (SSSR count). The van der Waals surface area contributed by atoms with Gasteiger partial charge in [0.1, 0.15) is 0 Å². The SMILES string of the molecule is CC[C@@H](N)c1ccc(N(C)CC2CCN(C)CC2)cn1. The summed E-state index contributed by atoms with van der Waals surface area (Å²) in [6.45, 7) is 5.66. The molecule has 0 spiro atoms. The Balaban J connectivity index is 1.90. The summed E-state index contributed by atoms with van der Waals surface area (Å²) in [5.41, 5.74) is 8.18. The Hall–Kier alpha value is -1.13. The van der Waals surface area contributed by atoms with E-state index in [4.69, 9.17) is 5.73 Å². The van der Waals surface area contributed by atoms with Crippen molar-refractivity contribution >= 4 is 5.69 Å². The van der Waals surface area contributed by atoms with Gasteiger partial charge in [0, 0.05) is 19.6 Å². The fraction of sp³-hybridized carbons (Fsp3) is 0.688. The van der Waals surface area contributed by atoms with Crippen molar-refractivity contribution in [1.82, 2.24) is 9.88 Å². The van der Waals surface area contributed by atoms with Gasteiger partial charge < -0.3 is 15.5 Å². The van der Waals surface area contributed by atoms with E-state index < -0.39 is 0 Å². The van der Waals surface area contributed by atoms with Crippen molar-refractivity contribution in [2.75, 3.05) is 38.6 Å². The third-order valence-corrected chi connectivity index (χ3v) is 4.40. The first kappa shape index (κ1) is 15.3. The molecule has 1 aliphatic rings. The Morgan fingerprint density at radius 2 is 2.10 bits per heavy atom. The van der Waals surface area contributed by atoms with Crippen LogP contribution < -0.4 is 10.6 Å². The smallest absolute Gasteiger partial charge is 0.0572 e. The molecule has 0 aromatic carbocycles. The molecule has 2 N–H and O–H groups in total. The highest BCUT2D eigenvalue weighted by Gasteiger charge is 2.18. The molecule has 1 aromatic rings. The molecule has 1 aliphatic heterocycles. The molecule has 0 bridgehead atoms. The predicted octanol–water partition coefficient (Wildman–Crippen LogP) is 2.27. The second-order valence-corrected chi connectivity index (χ2v) is 6.08. The van der Waals surface area contributed by atoms with Crippen LogP contribution in [0.15, 0.2) is 18.3 Å². The molecule has 20 heavy (non-hydrogen) atoms. The predicted molar refractivity (Wildman–Crippen MR) is 84.9 cm³/mol. The molecule has 0 amide bonds. The zero-order valence-electron chi connectivity index (χ0n) is 13.0. The number of rotatable bonds is 5. The van der Waals surface area contributed by atoms with Crippen LogP contribution >= 0.6 is 0 Å². The maximum absolute atomic E-state index is 6.00. The van der Waals surface area contributed by atoms with Gasteiger partial charge >= 0.3 is 0 Å². The van der Waals surface area contributed by atoms with Gasteiger partial charge in [-0.1, -0.05) is 6.92 Å². The quantitative estimate of drug-likeness (QED) is 0.896. The minimum atomic E-state index is 0.0586. The van der Waals surface area contributed by atoms with Crippen LogP contribution in [0.4, 0.5) is 5.69 Å². The highest BCUT2D eigenvalue weighted by Crippen LogP contribution is 2.21. The van der Waals surface area contributed by atoms with Crippen molar-refractivity contribution in [3.8, 4) is 0 Å². The largest absolute Gasteiger partial charge is 0.373 e. The van der Waals surface area contributed by atoms with Crippen LogP contribution in [0.1, 0.15) is 37.9 Å². The molecule has 2 heterocycles. The molecule has 4 heteroatoms. The maximum Gasteiger partial charge on any atom is 0.0572 e. The molecule has 112 valence electrons. The van der Waals surface area contributed by atoms with Gasteiger partial charge in [-0.25, -0.2) is 0 Å². The lowest BCUT2D eigenvalue weighted by atomic mass is 9.96. The van der Waals surface area contributed by atoms with Crippen molar-refractivity contribution in [3.63, 3.8) is 0 Å². The van der Waals surface area contributed by atoms with Gasteiger partial charge in [-0.05, 0) is 57.5 Å². The molecule has 0 aliphatic carbocycles. The second-order valence-electron chi connectivity index (χ2n) is 6.08. The molecule has 1 saturated heterocycles. The Morgan fingerprint density at radius 3 is 2.65 bits per heavy atom. The van der Waals surface area contributed by atoms with Crippen LogP contribution in [0.2, 0.25) is 0 Å².